The Morgan fingerprint density at radius 3 is 2.85 bits per heavy atom. The van der Waals surface area contributed by atoms with E-state index in [-0.39, 0.29) is 10.6 Å². The summed E-state index contributed by atoms with van der Waals surface area (Å²) in [5.41, 5.74) is 1.65. The van der Waals surface area contributed by atoms with Crippen LogP contribution >= 0.6 is 11.3 Å². The van der Waals surface area contributed by atoms with Gasteiger partial charge in [0, 0.05) is 23.6 Å². The van der Waals surface area contributed by atoms with Gasteiger partial charge in [0.05, 0.1) is 4.92 Å². The molecule has 6 nitrogen and oxygen atoms in total. The Balaban J connectivity index is 2.15. The molecule has 0 spiro atoms. The molecule has 20 heavy (non-hydrogen) atoms. The number of nitrogens with zero attached hydrogens (tertiary/aromatic N) is 3. The Hall–Kier alpha value is -1.86. The first-order valence-corrected chi connectivity index (χ1v) is 7.16. The Bertz CT molecular complexity index is 612. The largest absolute Gasteiger partial charge is 0.320 e. The highest BCUT2D eigenvalue weighted by Gasteiger charge is 2.13. The number of nitro benzene ring substituents is 1. The number of hydrogen-bond acceptors (Lipinski definition) is 6. The predicted octanol–water partition coefficient (Wildman–Crippen LogP) is 2.57. The fourth-order valence-electron chi connectivity index (χ4n) is 1.88. The second-order valence-electron chi connectivity index (χ2n) is 4.47. The Morgan fingerprint density at radius 1 is 1.40 bits per heavy atom. The van der Waals surface area contributed by atoms with Crippen molar-refractivity contribution in [2.45, 2.75) is 19.8 Å². The number of nitrogens with one attached hydrogen (secondary N) is 1. The van der Waals surface area contributed by atoms with Crippen molar-refractivity contribution in [2.75, 3.05) is 13.6 Å². The SMILES string of the molecule is CNCCCc1nnc(-c2ccc([N+](=O)[O-])c(C)c2)s1. The number of benzene rings is 1. The zero-order chi connectivity index (χ0) is 14.5. The lowest BCUT2D eigenvalue weighted by Gasteiger charge is -1.99. The van der Waals surface area contributed by atoms with E-state index in [1.807, 2.05) is 7.05 Å². The highest BCUT2D eigenvalue weighted by molar-refractivity contribution is 7.14. The molecular formula is C13H16N4O2S. The van der Waals surface area contributed by atoms with Gasteiger partial charge in [0.25, 0.3) is 5.69 Å². The maximum absolute atomic E-state index is 10.8. The second-order valence-corrected chi connectivity index (χ2v) is 5.53. The first-order valence-electron chi connectivity index (χ1n) is 6.34. The van der Waals surface area contributed by atoms with Crippen LogP contribution in [0.15, 0.2) is 18.2 Å². The average molecular weight is 292 g/mol. The van der Waals surface area contributed by atoms with E-state index in [0.717, 1.165) is 35.0 Å². The zero-order valence-corrected chi connectivity index (χ0v) is 12.2. The molecule has 0 bridgehead atoms. The molecule has 0 aliphatic rings. The van der Waals surface area contributed by atoms with Gasteiger partial charge in [-0.15, -0.1) is 10.2 Å². The molecule has 0 saturated heterocycles. The minimum atomic E-state index is -0.373. The topological polar surface area (TPSA) is 81.0 Å². The van der Waals surface area contributed by atoms with Crippen LogP contribution in [0.4, 0.5) is 5.69 Å². The van der Waals surface area contributed by atoms with Crippen LogP contribution < -0.4 is 5.32 Å². The molecule has 0 fully saturated rings. The molecule has 0 amide bonds. The Labute approximate surface area is 121 Å². The summed E-state index contributed by atoms with van der Waals surface area (Å²) in [6.45, 7) is 2.68. The average Bonchev–Trinajstić information content (AvgIpc) is 2.87. The molecule has 0 aliphatic carbocycles. The van der Waals surface area contributed by atoms with Gasteiger partial charge in [0.15, 0.2) is 0 Å². The fraction of sp³-hybridized carbons (Fsp3) is 0.385. The molecule has 1 N–H and O–H groups in total. The summed E-state index contributed by atoms with van der Waals surface area (Å²) in [5, 5.41) is 24.0. The number of aromatic nitrogens is 2. The van der Waals surface area contributed by atoms with E-state index in [4.69, 9.17) is 0 Å². The summed E-state index contributed by atoms with van der Waals surface area (Å²) in [4.78, 5) is 10.4. The van der Waals surface area contributed by atoms with Gasteiger partial charge >= 0.3 is 0 Å². The summed E-state index contributed by atoms with van der Waals surface area (Å²) in [6, 6.07) is 5.03. The molecule has 1 aromatic carbocycles. The van der Waals surface area contributed by atoms with Crippen LogP contribution in [0.5, 0.6) is 0 Å². The van der Waals surface area contributed by atoms with Crippen LogP contribution in [-0.2, 0) is 6.42 Å². The molecular weight excluding hydrogens is 276 g/mol. The first-order chi connectivity index (χ1) is 9.61. The van der Waals surface area contributed by atoms with Crippen LogP contribution in [-0.4, -0.2) is 28.7 Å². The molecule has 7 heteroatoms. The summed E-state index contributed by atoms with van der Waals surface area (Å²) in [5.74, 6) is 0. The first kappa shape index (κ1) is 14.5. The second kappa shape index (κ2) is 6.53. The normalized spacial score (nSPS) is 10.7. The minimum absolute atomic E-state index is 0.132. The fourth-order valence-corrected chi connectivity index (χ4v) is 2.76. The molecule has 2 rings (SSSR count). The lowest BCUT2D eigenvalue weighted by atomic mass is 10.1. The van der Waals surface area contributed by atoms with Crippen LogP contribution in [0.25, 0.3) is 10.6 Å². The molecule has 0 saturated carbocycles. The number of nitro groups is 1. The van der Waals surface area contributed by atoms with E-state index in [9.17, 15) is 10.1 Å². The maximum atomic E-state index is 10.8. The third-order valence-corrected chi connectivity index (χ3v) is 3.96. The van der Waals surface area contributed by atoms with Crippen molar-refractivity contribution in [3.63, 3.8) is 0 Å². The Kier molecular flexibility index (Phi) is 4.75. The van der Waals surface area contributed by atoms with Crippen LogP contribution in [0.1, 0.15) is 17.0 Å². The highest BCUT2D eigenvalue weighted by atomic mass is 32.1. The van der Waals surface area contributed by atoms with Crippen LogP contribution in [0.3, 0.4) is 0 Å². The quantitative estimate of drug-likeness (QED) is 0.503. The van der Waals surface area contributed by atoms with Crippen molar-refractivity contribution in [1.82, 2.24) is 15.5 Å². The minimum Gasteiger partial charge on any atom is -0.320 e. The van der Waals surface area contributed by atoms with Crippen molar-refractivity contribution in [1.29, 1.82) is 0 Å². The van der Waals surface area contributed by atoms with Crippen molar-refractivity contribution in [2.24, 2.45) is 0 Å². The standard InChI is InChI=1S/C13H16N4O2S/c1-9-8-10(5-6-11(9)17(18)19)13-16-15-12(20-13)4-3-7-14-2/h5-6,8,14H,3-4,7H2,1-2H3. The lowest BCUT2D eigenvalue weighted by Crippen LogP contribution is -2.08. The van der Waals surface area contributed by atoms with Gasteiger partial charge in [-0.1, -0.05) is 11.3 Å². The maximum Gasteiger partial charge on any atom is 0.272 e. The third kappa shape index (κ3) is 3.37. The summed E-state index contributed by atoms with van der Waals surface area (Å²) < 4.78 is 0. The molecule has 0 radical (unpaired) electrons. The highest BCUT2D eigenvalue weighted by Crippen LogP contribution is 2.28. The van der Waals surface area contributed by atoms with Gasteiger partial charge < -0.3 is 5.32 Å². The van der Waals surface area contributed by atoms with E-state index >= 15 is 0 Å². The van der Waals surface area contributed by atoms with Crippen molar-refractivity contribution < 1.29 is 4.92 Å². The van der Waals surface area contributed by atoms with E-state index in [2.05, 4.69) is 15.5 Å². The van der Waals surface area contributed by atoms with Crippen molar-refractivity contribution >= 4 is 17.0 Å². The smallest absolute Gasteiger partial charge is 0.272 e. The van der Waals surface area contributed by atoms with Gasteiger partial charge in [0.1, 0.15) is 10.0 Å². The van der Waals surface area contributed by atoms with Gasteiger partial charge in [0.2, 0.25) is 0 Å². The molecule has 0 aliphatic heterocycles. The van der Waals surface area contributed by atoms with E-state index in [1.54, 1.807) is 19.1 Å². The molecule has 0 atom stereocenters. The molecule has 2 aromatic rings. The predicted molar refractivity (Wildman–Crippen MR) is 79.0 cm³/mol. The summed E-state index contributed by atoms with van der Waals surface area (Å²) >= 11 is 1.54. The van der Waals surface area contributed by atoms with Crippen LogP contribution in [0.2, 0.25) is 0 Å². The summed E-state index contributed by atoms with van der Waals surface area (Å²) in [6.07, 6.45) is 1.91. The Morgan fingerprint density at radius 2 is 2.20 bits per heavy atom. The zero-order valence-electron chi connectivity index (χ0n) is 11.4. The number of rotatable bonds is 6. The summed E-state index contributed by atoms with van der Waals surface area (Å²) in [7, 11) is 1.92. The molecule has 0 unspecified atom stereocenters. The molecule has 1 heterocycles. The van der Waals surface area contributed by atoms with Gasteiger partial charge in [-0.25, -0.2) is 0 Å². The number of hydrogen-bond donors (Lipinski definition) is 1. The van der Waals surface area contributed by atoms with Gasteiger partial charge in [-0.2, -0.15) is 0 Å². The van der Waals surface area contributed by atoms with E-state index < -0.39 is 0 Å². The van der Waals surface area contributed by atoms with Crippen molar-refractivity contribution in [3.8, 4) is 10.6 Å². The lowest BCUT2D eigenvalue weighted by molar-refractivity contribution is -0.385. The van der Waals surface area contributed by atoms with Gasteiger partial charge in [-0.05, 0) is 39.1 Å². The van der Waals surface area contributed by atoms with Crippen LogP contribution in [0, 0.1) is 17.0 Å². The van der Waals surface area contributed by atoms with E-state index in [1.165, 1.54) is 17.4 Å². The van der Waals surface area contributed by atoms with E-state index in [0.29, 0.717) is 5.56 Å². The number of aryl methyl sites for hydroxylation is 2. The third-order valence-electron chi connectivity index (χ3n) is 2.92. The molecule has 106 valence electrons. The monoisotopic (exact) mass is 292 g/mol. The van der Waals surface area contributed by atoms with Gasteiger partial charge in [-0.3, -0.25) is 10.1 Å². The van der Waals surface area contributed by atoms with Crippen molar-refractivity contribution in [3.05, 3.63) is 38.9 Å². The molecule has 1 aromatic heterocycles.